The molecule has 2 aromatic carbocycles. The van der Waals surface area contributed by atoms with Gasteiger partial charge in [0.15, 0.2) is 11.5 Å². The van der Waals surface area contributed by atoms with Gasteiger partial charge in [0.05, 0.1) is 23.8 Å². The largest absolute Gasteiger partial charge is 0.490 e. The van der Waals surface area contributed by atoms with Gasteiger partial charge in [-0.3, -0.25) is 4.79 Å². The highest BCUT2D eigenvalue weighted by molar-refractivity contribution is 6.32. The first-order valence-electron chi connectivity index (χ1n) is 11.9. The third-order valence-electron chi connectivity index (χ3n) is 5.20. The Labute approximate surface area is 214 Å². The molecule has 0 spiro atoms. The quantitative estimate of drug-likeness (QED) is 0.164. The summed E-state index contributed by atoms with van der Waals surface area (Å²) < 4.78 is 50.3. The highest BCUT2D eigenvalue weighted by Gasteiger charge is 2.30. The molecule has 1 amide bonds. The molecule has 0 saturated heterocycles. The first-order valence-corrected chi connectivity index (χ1v) is 12.3. The number of alkyl halides is 3. The van der Waals surface area contributed by atoms with Crippen LogP contribution in [0.4, 0.5) is 18.9 Å². The fourth-order valence-electron chi connectivity index (χ4n) is 3.42. The van der Waals surface area contributed by atoms with Crippen LogP contribution in [0.3, 0.4) is 0 Å². The molecule has 36 heavy (non-hydrogen) atoms. The van der Waals surface area contributed by atoms with Gasteiger partial charge in [-0.15, -0.1) is 0 Å². The molecule has 1 N–H and O–H groups in total. The van der Waals surface area contributed by atoms with E-state index in [9.17, 15) is 23.2 Å². The van der Waals surface area contributed by atoms with Gasteiger partial charge >= 0.3 is 6.18 Å². The van der Waals surface area contributed by atoms with Crippen LogP contribution in [0.2, 0.25) is 5.02 Å². The molecule has 0 aliphatic rings. The minimum atomic E-state index is -4.56. The minimum absolute atomic E-state index is 0.0811. The van der Waals surface area contributed by atoms with Gasteiger partial charge in [0, 0.05) is 5.69 Å². The molecule has 0 heterocycles. The fourth-order valence-corrected chi connectivity index (χ4v) is 3.69. The average molecular weight is 523 g/mol. The summed E-state index contributed by atoms with van der Waals surface area (Å²) in [5, 5.41) is 12.1. The number of carbonyl (C=O) groups excluding carboxylic acids is 1. The van der Waals surface area contributed by atoms with E-state index in [1.165, 1.54) is 43.5 Å². The Bertz CT molecular complexity index is 1090. The summed E-state index contributed by atoms with van der Waals surface area (Å²) in [5.41, 5.74) is -0.896. The summed E-state index contributed by atoms with van der Waals surface area (Å²) in [5.74, 6) is -0.0942. The number of benzene rings is 2. The van der Waals surface area contributed by atoms with E-state index in [0.717, 1.165) is 31.4 Å². The first kappa shape index (κ1) is 29.1. The zero-order valence-corrected chi connectivity index (χ0v) is 21.1. The second-order valence-electron chi connectivity index (χ2n) is 8.08. The minimum Gasteiger partial charge on any atom is -0.490 e. The molecule has 2 rings (SSSR count). The molecule has 0 atom stereocenters. The van der Waals surface area contributed by atoms with Gasteiger partial charge in [0.1, 0.15) is 11.6 Å². The molecule has 5 nitrogen and oxygen atoms in total. The van der Waals surface area contributed by atoms with E-state index in [1.54, 1.807) is 19.1 Å². The van der Waals surface area contributed by atoms with Crippen LogP contribution in [0.1, 0.15) is 63.5 Å². The number of hydrogen-bond donors (Lipinski definition) is 1. The number of nitrogens with zero attached hydrogens (tertiary/aromatic N) is 1. The van der Waals surface area contributed by atoms with E-state index in [1.807, 2.05) is 0 Å². The first-order chi connectivity index (χ1) is 17.2. The lowest BCUT2D eigenvalue weighted by atomic mass is 10.1. The molecule has 9 heteroatoms. The predicted octanol–water partition coefficient (Wildman–Crippen LogP) is 8.04. The highest BCUT2D eigenvalue weighted by atomic mass is 35.5. The zero-order valence-electron chi connectivity index (χ0n) is 20.4. The third kappa shape index (κ3) is 9.12. The Balaban J connectivity index is 2.16. The van der Waals surface area contributed by atoms with Crippen molar-refractivity contribution in [2.45, 2.75) is 58.5 Å². The lowest BCUT2D eigenvalue weighted by molar-refractivity contribution is -0.137. The van der Waals surface area contributed by atoms with E-state index in [4.69, 9.17) is 21.1 Å². The van der Waals surface area contributed by atoms with Gasteiger partial charge < -0.3 is 14.8 Å². The van der Waals surface area contributed by atoms with Crippen molar-refractivity contribution in [3.05, 3.63) is 58.1 Å². The Morgan fingerprint density at radius 1 is 1.08 bits per heavy atom. The van der Waals surface area contributed by atoms with E-state index < -0.39 is 17.6 Å². The van der Waals surface area contributed by atoms with Gasteiger partial charge in [-0.1, -0.05) is 56.7 Å². The van der Waals surface area contributed by atoms with Crippen LogP contribution in [-0.2, 0) is 11.0 Å². The summed E-state index contributed by atoms with van der Waals surface area (Å²) in [6.45, 7) is 4.79. The molecule has 0 aliphatic carbocycles. The van der Waals surface area contributed by atoms with E-state index in [2.05, 4.69) is 12.2 Å². The summed E-state index contributed by atoms with van der Waals surface area (Å²) in [6.07, 6.45) is 3.41. The van der Waals surface area contributed by atoms with Crippen molar-refractivity contribution in [3.8, 4) is 17.6 Å². The summed E-state index contributed by atoms with van der Waals surface area (Å²) in [7, 11) is 0. The van der Waals surface area contributed by atoms with Gasteiger partial charge in [-0.25, -0.2) is 0 Å². The van der Waals surface area contributed by atoms with Crippen molar-refractivity contribution in [1.29, 1.82) is 5.26 Å². The highest BCUT2D eigenvalue weighted by Crippen LogP contribution is 2.37. The zero-order chi connectivity index (χ0) is 26.6. The molecule has 2 aromatic rings. The smallest absolute Gasteiger partial charge is 0.416 e. The molecule has 0 radical (unpaired) electrons. The second-order valence-corrected chi connectivity index (χ2v) is 8.49. The van der Waals surface area contributed by atoms with E-state index in [0.29, 0.717) is 30.3 Å². The lowest BCUT2D eigenvalue weighted by Gasteiger charge is -2.15. The molecule has 0 aromatic heterocycles. The maximum absolute atomic E-state index is 12.9. The van der Waals surface area contributed by atoms with Crippen LogP contribution in [-0.4, -0.2) is 19.1 Å². The van der Waals surface area contributed by atoms with Crippen LogP contribution < -0.4 is 14.8 Å². The molecule has 0 unspecified atom stereocenters. The maximum atomic E-state index is 12.9. The normalized spacial score (nSPS) is 11.6. The van der Waals surface area contributed by atoms with E-state index in [-0.39, 0.29) is 16.3 Å². The maximum Gasteiger partial charge on any atom is 0.416 e. The Morgan fingerprint density at radius 3 is 2.47 bits per heavy atom. The number of anilines is 1. The van der Waals surface area contributed by atoms with Crippen LogP contribution in [0.15, 0.2) is 42.0 Å². The summed E-state index contributed by atoms with van der Waals surface area (Å²) in [6, 6.07) is 9.08. The lowest BCUT2D eigenvalue weighted by Crippen LogP contribution is -2.14. The average Bonchev–Trinajstić information content (AvgIpc) is 2.83. The van der Waals surface area contributed by atoms with Crippen LogP contribution in [0, 0.1) is 11.3 Å². The van der Waals surface area contributed by atoms with Crippen LogP contribution in [0.25, 0.3) is 6.08 Å². The van der Waals surface area contributed by atoms with Crippen molar-refractivity contribution < 1.29 is 27.4 Å². The molecule has 194 valence electrons. The number of unbranched alkanes of at least 4 members (excludes halogenated alkanes) is 5. The van der Waals surface area contributed by atoms with E-state index >= 15 is 0 Å². The topological polar surface area (TPSA) is 71.3 Å². The number of hydrogen-bond acceptors (Lipinski definition) is 4. The SMILES string of the molecule is CCCCCCCCOc1c(Cl)cc(/C=C(\C#N)C(=O)Nc2cccc(C(F)(F)F)c2)cc1OCC. The monoisotopic (exact) mass is 522 g/mol. The number of carbonyl (C=O) groups is 1. The van der Waals surface area contributed by atoms with Crippen molar-refractivity contribution >= 4 is 29.3 Å². The van der Waals surface area contributed by atoms with Crippen LogP contribution in [0.5, 0.6) is 11.5 Å². The van der Waals surface area contributed by atoms with Gasteiger partial charge in [-0.05, 0) is 55.3 Å². The Morgan fingerprint density at radius 2 is 1.81 bits per heavy atom. The molecule has 0 aliphatic heterocycles. The van der Waals surface area contributed by atoms with Crippen molar-refractivity contribution in [3.63, 3.8) is 0 Å². The van der Waals surface area contributed by atoms with Gasteiger partial charge in [-0.2, -0.15) is 18.4 Å². The van der Waals surface area contributed by atoms with Gasteiger partial charge in [0.25, 0.3) is 5.91 Å². The Kier molecular flexibility index (Phi) is 11.6. The number of ether oxygens (including phenoxy) is 2. The predicted molar refractivity (Wildman–Crippen MR) is 135 cm³/mol. The molecule has 0 bridgehead atoms. The van der Waals surface area contributed by atoms with Crippen molar-refractivity contribution in [2.24, 2.45) is 0 Å². The van der Waals surface area contributed by atoms with Gasteiger partial charge in [0.2, 0.25) is 0 Å². The third-order valence-corrected chi connectivity index (χ3v) is 5.48. The summed E-state index contributed by atoms with van der Waals surface area (Å²) >= 11 is 6.42. The van der Waals surface area contributed by atoms with Crippen molar-refractivity contribution in [1.82, 2.24) is 0 Å². The Hall–Kier alpha value is -3.18. The fraction of sp³-hybridized carbons (Fsp3) is 0.407. The summed E-state index contributed by atoms with van der Waals surface area (Å²) in [4.78, 5) is 12.6. The molecular weight excluding hydrogens is 493 g/mol. The molecular formula is C27H30ClF3N2O3. The van der Waals surface area contributed by atoms with Crippen molar-refractivity contribution in [2.75, 3.05) is 18.5 Å². The second kappa shape index (κ2) is 14.4. The molecule has 0 saturated carbocycles. The number of amides is 1. The number of rotatable bonds is 13. The molecule has 0 fully saturated rings. The number of halogens is 4. The van der Waals surface area contributed by atoms with Crippen LogP contribution >= 0.6 is 11.6 Å². The standard InChI is InChI=1S/C27H30ClF3N2O3/c1-3-5-6-7-8-9-13-36-25-23(28)15-19(16-24(25)35-4-2)14-20(18-32)26(34)33-22-12-10-11-21(17-22)27(29,30)31/h10-12,14-17H,3-9,13H2,1-2H3,(H,33,34)/b20-14+. The number of nitrogens with one attached hydrogen (secondary N) is 1. The number of nitriles is 1.